The van der Waals surface area contributed by atoms with Crippen molar-refractivity contribution in [2.75, 3.05) is 7.11 Å². The zero-order valence-electron chi connectivity index (χ0n) is 19.7. The van der Waals surface area contributed by atoms with Gasteiger partial charge in [-0.05, 0) is 26.2 Å². The first-order chi connectivity index (χ1) is 16.2. The number of amides is 1. The summed E-state index contributed by atoms with van der Waals surface area (Å²) in [6.45, 7) is 3.89. The van der Waals surface area contributed by atoms with Gasteiger partial charge in [0.25, 0.3) is 0 Å². The molecule has 8 heteroatoms. The number of Topliss-reactive ketones (excluding diaryl/α,β-unsaturated/α-hetero) is 1. The van der Waals surface area contributed by atoms with Crippen LogP contribution in [-0.4, -0.2) is 58.9 Å². The molecular formula is C26H31NO6S. The van der Waals surface area contributed by atoms with Crippen molar-refractivity contribution in [3.05, 3.63) is 58.7 Å². The average molecular weight is 486 g/mol. The summed E-state index contributed by atoms with van der Waals surface area (Å²) in [5.41, 5.74) is -0.407. The van der Waals surface area contributed by atoms with Gasteiger partial charge < -0.3 is 19.9 Å². The Hall–Kier alpha value is -2.26. The number of thioether (sulfide) groups is 1. The van der Waals surface area contributed by atoms with Crippen molar-refractivity contribution in [1.82, 2.24) is 5.32 Å². The van der Waals surface area contributed by atoms with E-state index in [-0.39, 0.29) is 41.0 Å². The highest BCUT2D eigenvalue weighted by Gasteiger charge is 2.55. The molecule has 1 fully saturated rings. The maximum absolute atomic E-state index is 13.1. The van der Waals surface area contributed by atoms with Gasteiger partial charge in [-0.15, -0.1) is 11.8 Å². The minimum atomic E-state index is -0.836. The number of carbonyl (C=O) groups excluding carboxylic acids is 3. The molecule has 1 aliphatic carbocycles. The number of nitrogens with one attached hydrogen (secondary N) is 1. The maximum Gasteiger partial charge on any atom is 0.227 e. The minimum Gasteiger partial charge on any atom is -0.390 e. The second-order valence-electron chi connectivity index (χ2n) is 9.31. The Morgan fingerprint density at radius 2 is 1.97 bits per heavy atom. The number of aliphatic hydroxyl groups excluding tert-OH is 1. The van der Waals surface area contributed by atoms with Crippen molar-refractivity contribution in [3.63, 3.8) is 0 Å². The summed E-state index contributed by atoms with van der Waals surface area (Å²) in [5, 5.41) is 13.5. The predicted molar refractivity (Wildman–Crippen MR) is 130 cm³/mol. The lowest BCUT2D eigenvalue weighted by Gasteiger charge is -2.39. The van der Waals surface area contributed by atoms with E-state index in [1.54, 1.807) is 12.2 Å². The molecule has 6 rings (SSSR count). The molecule has 34 heavy (non-hydrogen) atoms. The van der Waals surface area contributed by atoms with Crippen LogP contribution in [0, 0.1) is 5.92 Å². The highest BCUT2D eigenvalue weighted by Crippen LogP contribution is 2.50. The van der Waals surface area contributed by atoms with Crippen LogP contribution in [0.2, 0.25) is 0 Å². The third kappa shape index (κ3) is 4.77. The second kappa shape index (κ2) is 10.2. The largest absolute Gasteiger partial charge is 0.390 e. The maximum atomic E-state index is 13.1. The average Bonchev–Trinajstić information content (AvgIpc) is 3.04. The van der Waals surface area contributed by atoms with E-state index in [4.69, 9.17) is 9.47 Å². The van der Waals surface area contributed by atoms with Gasteiger partial charge in [-0.3, -0.25) is 14.4 Å². The summed E-state index contributed by atoms with van der Waals surface area (Å²) in [5.74, 6) is -1.10. The van der Waals surface area contributed by atoms with Gasteiger partial charge in [0.15, 0.2) is 5.78 Å². The van der Waals surface area contributed by atoms with E-state index in [9.17, 15) is 19.5 Å². The lowest BCUT2D eigenvalue weighted by molar-refractivity contribution is -0.124. The van der Waals surface area contributed by atoms with E-state index in [1.165, 1.54) is 24.9 Å². The first-order valence-corrected chi connectivity index (χ1v) is 12.5. The highest BCUT2D eigenvalue weighted by molar-refractivity contribution is 8.04. The molecule has 2 N–H and O–H groups in total. The van der Waals surface area contributed by atoms with E-state index in [1.807, 2.05) is 38.2 Å². The molecule has 0 aromatic heterocycles. The Morgan fingerprint density at radius 3 is 2.74 bits per heavy atom. The van der Waals surface area contributed by atoms with Crippen LogP contribution in [0.5, 0.6) is 0 Å². The molecule has 6 atom stereocenters. The molecule has 182 valence electrons. The minimum absolute atomic E-state index is 0.00289. The van der Waals surface area contributed by atoms with Crippen LogP contribution < -0.4 is 5.32 Å². The number of ketones is 2. The van der Waals surface area contributed by atoms with Gasteiger partial charge in [0.1, 0.15) is 5.60 Å². The van der Waals surface area contributed by atoms with E-state index in [2.05, 4.69) is 5.32 Å². The predicted octanol–water partition coefficient (Wildman–Crippen LogP) is 2.92. The SMILES string of the molecule is CO[C@H]1/C=C/C=C/C=C/C[C@@H]2O[C@@](C)([C@H](O)[C@H]2C)[C@H]2CCC3=C(S2)C(=O)C=C(NC(=O)C1)C3=O. The second-order valence-corrected chi connectivity index (χ2v) is 10.5. The number of rotatable bonds is 1. The lowest BCUT2D eigenvalue weighted by Crippen LogP contribution is -2.48. The molecule has 0 spiro atoms. The smallest absolute Gasteiger partial charge is 0.227 e. The van der Waals surface area contributed by atoms with Crippen molar-refractivity contribution >= 4 is 29.2 Å². The Bertz CT molecular complexity index is 1020. The molecule has 0 aromatic carbocycles. The van der Waals surface area contributed by atoms with Crippen molar-refractivity contribution < 1.29 is 29.0 Å². The fraction of sp³-hybridized carbons (Fsp3) is 0.500. The third-order valence-corrected chi connectivity index (χ3v) is 8.72. The first-order valence-electron chi connectivity index (χ1n) is 11.6. The van der Waals surface area contributed by atoms with Crippen LogP contribution in [0.1, 0.15) is 39.5 Å². The van der Waals surface area contributed by atoms with Gasteiger partial charge in [0.05, 0.1) is 35.3 Å². The van der Waals surface area contributed by atoms with Crippen molar-refractivity contribution in [2.45, 2.75) is 68.7 Å². The number of carbonyl (C=O) groups is 3. The highest BCUT2D eigenvalue weighted by atomic mass is 32.2. The van der Waals surface area contributed by atoms with E-state index in [0.29, 0.717) is 29.7 Å². The van der Waals surface area contributed by atoms with Crippen LogP contribution in [0.3, 0.4) is 0 Å². The van der Waals surface area contributed by atoms with Gasteiger partial charge in [0.2, 0.25) is 11.7 Å². The normalized spacial score (nSPS) is 39.6. The summed E-state index contributed by atoms with van der Waals surface area (Å²) in [4.78, 5) is 39.0. The van der Waals surface area contributed by atoms with Gasteiger partial charge >= 0.3 is 0 Å². The molecule has 6 bridgehead atoms. The Kier molecular flexibility index (Phi) is 7.42. The molecule has 1 amide bonds. The van der Waals surface area contributed by atoms with Crippen molar-refractivity contribution in [1.29, 1.82) is 0 Å². The molecule has 7 nitrogen and oxygen atoms in total. The number of ether oxygens (including phenoxy) is 2. The van der Waals surface area contributed by atoms with Crippen LogP contribution in [0.4, 0.5) is 0 Å². The monoisotopic (exact) mass is 485 g/mol. The first kappa shape index (κ1) is 24.9. The number of fused-ring (bicyclic) bond motifs is 2. The van der Waals surface area contributed by atoms with Gasteiger partial charge in [0, 0.05) is 29.9 Å². The van der Waals surface area contributed by atoms with E-state index >= 15 is 0 Å². The zero-order chi connectivity index (χ0) is 24.5. The van der Waals surface area contributed by atoms with Crippen LogP contribution in [-0.2, 0) is 23.9 Å². The van der Waals surface area contributed by atoms with E-state index in [0.717, 1.165) is 0 Å². The molecule has 5 heterocycles. The molecule has 0 unspecified atom stereocenters. The summed E-state index contributed by atoms with van der Waals surface area (Å²) in [7, 11) is 1.51. The molecule has 1 saturated heterocycles. The number of hydrogen-bond acceptors (Lipinski definition) is 7. The zero-order valence-corrected chi connectivity index (χ0v) is 20.5. The fourth-order valence-electron chi connectivity index (χ4n) is 4.99. The third-order valence-electron chi connectivity index (χ3n) is 7.05. The van der Waals surface area contributed by atoms with Crippen LogP contribution in [0.25, 0.3) is 0 Å². The summed E-state index contributed by atoms with van der Waals surface area (Å²) in [6, 6.07) is 0. The Morgan fingerprint density at radius 1 is 1.21 bits per heavy atom. The van der Waals surface area contributed by atoms with E-state index < -0.39 is 23.7 Å². The van der Waals surface area contributed by atoms with Gasteiger partial charge in [-0.2, -0.15) is 0 Å². The Balaban J connectivity index is 1.66. The standard InChI is InChI=1S/C26H31NO6S/c1-15-20-10-8-6-4-5-7-9-16(32-3)13-22(29)27-18-14-19(28)24-17(23(18)30)11-12-21(34-24)26(2,33-20)25(15)31/h4-9,14-16,20-21,25,31H,10-13H2,1-3H3,(H,27,29)/b5-4+,8-6+,9-7+/t15-,16-,20-,21+,25+,26+/m0/s1. The van der Waals surface area contributed by atoms with Gasteiger partial charge in [-0.1, -0.05) is 43.4 Å². The number of aliphatic hydroxyl groups is 1. The van der Waals surface area contributed by atoms with Crippen molar-refractivity contribution in [3.8, 4) is 0 Å². The van der Waals surface area contributed by atoms with Crippen LogP contribution >= 0.6 is 11.8 Å². The van der Waals surface area contributed by atoms with Crippen molar-refractivity contribution in [2.24, 2.45) is 5.92 Å². The summed E-state index contributed by atoms with van der Waals surface area (Å²) in [6.07, 6.45) is 12.8. The number of methoxy groups -OCH3 is 1. The Labute approximate surface area is 204 Å². The quantitative estimate of drug-likeness (QED) is 0.551. The molecule has 5 aliphatic heterocycles. The summed E-state index contributed by atoms with van der Waals surface area (Å²) < 4.78 is 11.8. The van der Waals surface area contributed by atoms with Gasteiger partial charge in [-0.25, -0.2) is 0 Å². The van der Waals surface area contributed by atoms with Crippen LogP contribution in [0.15, 0.2) is 58.7 Å². The molecule has 0 aromatic rings. The molecule has 6 aliphatic rings. The lowest BCUT2D eigenvalue weighted by atomic mass is 9.84. The number of allylic oxidation sites excluding steroid dienone is 7. The molecule has 0 radical (unpaired) electrons. The fourth-order valence-corrected chi connectivity index (χ4v) is 6.45. The number of hydrogen-bond donors (Lipinski definition) is 2. The topological polar surface area (TPSA) is 102 Å². The molecular weight excluding hydrogens is 454 g/mol. The summed E-state index contributed by atoms with van der Waals surface area (Å²) >= 11 is 1.32. The molecule has 0 saturated carbocycles.